The number of hydrogen-bond donors (Lipinski definition) is 0. The predicted octanol–water partition coefficient (Wildman–Crippen LogP) is 7.83. The summed E-state index contributed by atoms with van der Waals surface area (Å²) in [6.45, 7) is 6.84. The molecule has 0 atom stereocenters. The second-order valence-corrected chi connectivity index (χ2v) is 10.9. The molecule has 0 unspecified atom stereocenters. The van der Waals surface area contributed by atoms with E-state index >= 15 is 0 Å². The summed E-state index contributed by atoms with van der Waals surface area (Å²) in [6, 6.07) is 20.4. The number of carbonyl (C=O) groups is 1. The molecule has 0 radical (unpaired) electrons. The van der Waals surface area contributed by atoms with Gasteiger partial charge in [-0.2, -0.15) is 0 Å². The second-order valence-electron chi connectivity index (χ2n) is 9.89. The van der Waals surface area contributed by atoms with Gasteiger partial charge in [0, 0.05) is 10.3 Å². The van der Waals surface area contributed by atoms with Gasteiger partial charge in [-0.05, 0) is 70.5 Å². The number of aromatic nitrogens is 1. The van der Waals surface area contributed by atoms with Crippen LogP contribution in [0.25, 0.3) is 22.6 Å². The Balaban J connectivity index is 1.49. The number of esters is 1. The van der Waals surface area contributed by atoms with Crippen molar-refractivity contribution in [3.8, 4) is 0 Å². The van der Waals surface area contributed by atoms with Crippen molar-refractivity contribution in [1.29, 1.82) is 0 Å². The Morgan fingerprint density at radius 3 is 2.56 bits per heavy atom. The van der Waals surface area contributed by atoms with E-state index in [1.807, 2.05) is 24.3 Å². The highest BCUT2D eigenvalue weighted by molar-refractivity contribution is 7.10. The van der Waals surface area contributed by atoms with E-state index in [1.54, 1.807) is 11.3 Å². The summed E-state index contributed by atoms with van der Waals surface area (Å²) in [7, 11) is 0. The van der Waals surface area contributed by atoms with Gasteiger partial charge in [-0.3, -0.25) is 0 Å². The van der Waals surface area contributed by atoms with Crippen molar-refractivity contribution in [3.63, 3.8) is 0 Å². The minimum absolute atomic E-state index is 0.0958. The molecule has 0 spiro atoms. The topological polar surface area (TPSA) is 39.2 Å². The first-order valence-corrected chi connectivity index (χ1v) is 12.7. The average Bonchev–Trinajstić information content (AvgIpc) is 3.34. The van der Waals surface area contributed by atoms with Gasteiger partial charge in [0.25, 0.3) is 0 Å². The van der Waals surface area contributed by atoms with Gasteiger partial charge in [0.1, 0.15) is 6.61 Å². The lowest BCUT2D eigenvalue weighted by atomic mass is 9.86. The van der Waals surface area contributed by atoms with E-state index in [1.165, 1.54) is 16.0 Å². The highest BCUT2D eigenvalue weighted by Gasteiger charge is 2.26. The number of thiophene rings is 1. The van der Waals surface area contributed by atoms with Crippen LogP contribution < -0.4 is 0 Å². The Morgan fingerprint density at radius 1 is 1.03 bits per heavy atom. The number of hydrogen-bond acceptors (Lipinski definition) is 4. The third kappa shape index (κ3) is 4.55. The Morgan fingerprint density at radius 2 is 1.82 bits per heavy atom. The monoisotopic (exact) mass is 467 g/mol. The fraction of sp³-hybridized carbons (Fsp3) is 0.267. The van der Waals surface area contributed by atoms with E-state index in [9.17, 15) is 4.79 Å². The molecule has 4 heteroatoms. The lowest BCUT2D eigenvalue weighted by Crippen LogP contribution is -2.15. The number of nitrogens with zero attached hydrogens (tertiary/aromatic N) is 1. The number of para-hydroxylation sites is 1. The summed E-state index contributed by atoms with van der Waals surface area (Å²) < 4.78 is 5.87. The number of carbonyl (C=O) groups excluding carboxylic acids is 1. The largest absolute Gasteiger partial charge is 0.457 e. The van der Waals surface area contributed by atoms with Crippen LogP contribution in [0.1, 0.15) is 71.2 Å². The minimum Gasteiger partial charge on any atom is -0.457 e. The maximum absolute atomic E-state index is 13.5. The van der Waals surface area contributed by atoms with Crippen molar-refractivity contribution in [2.45, 2.75) is 52.1 Å². The van der Waals surface area contributed by atoms with Crippen molar-refractivity contribution in [3.05, 3.63) is 98.9 Å². The third-order valence-corrected chi connectivity index (χ3v) is 7.24. The van der Waals surface area contributed by atoms with Crippen molar-refractivity contribution >= 4 is 39.9 Å². The van der Waals surface area contributed by atoms with Gasteiger partial charge in [-0.25, -0.2) is 9.78 Å². The summed E-state index contributed by atoms with van der Waals surface area (Å²) in [5.74, 6) is -0.271. The third-order valence-electron chi connectivity index (χ3n) is 6.42. The first kappa shape index (κ1) is 22.5. The lowest BCUT2D eigenvalue weighted by molar-refractivity contribution is 0.0473. The summed E-state index contributed by atoms with van der Waals surface area (Å²) in [5, 5.41) is 2.95. The number of ether oxygens (including phenoxy) is 1. The molecule has 0 saturated heterocycles. The zero-order valence-corrected chi connectivity index (χ0v) is 20.7. The van der Waals surface area contributed by atoms with E-state index in [0.717, 1.165) is 47.0 Å². The molecule has 3 nitrogen and oxygen atoms in total. The van der Waals surface area contributed by atoms with Crippen LogP contribution in [0, 0.1) is 0 Å². The summed E-state index contributed by atoms with van der Waals surface area (Å²) in [5.41, 5.74) is 7.01. The molecule has 1 aliphatic rings. The fourth-order valence-electron chi connectivity index (χ4n) is 4.58. The molecule has 172 valence electrons. The Labute approximate surface area is 205 Å². The zero-order valence-electron chi connectivity index (χ0n) is 19.9. The number of benzene rings is 2. The Hall–Kier alpha value is -3.24. The van der Waals surface area contributed by atoms with Gasteiger partial charge in [-0.15, -0.1) is 11.3 Å². The lowest BCUT2D eigenvalue weighted by Gasteiger charge is -2.22. The number of fused-ring (bicyclic) bond motifs is 2. The molecule has 5 rings (SSSR count). The van der Waals surface area contributed by atoms with Crippen molar-refractivity contribution in [2.24, 2.45) is 0 Å². The smallest absolute Gasteiger partial charge is 0.339 e. The second kappa shape index (κ2) is 9.19. The Kier molecular flexibility index (Phi) is 6.09. The van der Waals surface area contributed by atoms with Crippen LogP contribution in [-0.4, -0.2) is 11.0 Å². The maximum atomic E-state index is 13.5. The highest BCUT2D eigenvalue weighted by Crippen LogP contribution is 2.37. The van der Waals surface area contributed by atoms with Gasteiger partial charge in [0.2, 0.25) is 0 Å². The molecule has 0 saturated carbocycles. The first-order chi connectivity index (χ1) is 16.4. The Bertz CT molecular complexity index is 1360. The fourth-order valence-corrected chi connectivity index (χ4v) is 5.26. The van der Waals surface area contributed by atoms with E-state index in [2.05, 4.69) is 68.6 Å². The normalized spacial score (nSPS) is 14.9. The van der Waals surface area contributed by atoms with Crippen molar-refractivity contribution < 1.29 is 9.53 Å². The average molecular weight is 468 g/mol. The number of rotatable bonds is 4. The van der Waals surface area contributed by atoms with Gasteiger partial charge in [-0.1, -0.05) is 69.3 Å². The summed E-state index contributed by atoms with van der Waals surface area (Å²) in [6.07, 6.45) is 5.01. The molecule has 1 aliphatic carbocycles. The molecular formula is C30H29NO2S. The van der Waals surface area contributed by atoms with Crippen LogP contribution in [0.5, 0.6) is 0 Å². The molecule has 2 aromatic heterocycles. The van der Waals surface area contributed by atoms with E-state index in [4.69, 9.17) is 9.72 Å². The summed E-state index contributed by atoms with van der Waals surface area (Å²) >= 11 is 1.72. The van der Waals surface area contributed by atoms with Gasteiger partial charge < -0.3 is 4.74 Å². The van der Waals surface area contributed by atoms with Gasteiger partial charge in [0.15, 0.2) is 0 Å². The van der Waals surface area contributed by atoms with Crippen LogP contribution in [-0.2, 0) is 23.2 Å². The molecule has 0 bridgehead atoms. The van der Waals surface area contributed by atoms with E-state index in [-0.39, 0.29) is 18.0 Å². The molecule has 2 aromatic carbocycles. The zero-order chi connectivity index (χ0) is 23.7. The van der Waals surface area contributed by atoms with Crippen LogP contribution in [0.2, 0.25) is 0 Å². The first-order valence-electron chi connectivity index (χ1n) is 11.8. The minimum atomic E-state index is -0.271. The van der Waals surface area contributed by atoms with Crippen LogP contribution in [0.3, 0.4) is 0 Å². The molecule has 2 heterocycles. The molecular weight excluding hydrogens is 438 g/mol. The molecule has 0 aliphatic heterocycles. The van der Waals surface area contributed by atoms with Gasteiger partial charge in [0.05, 0.1) is 16.8 Å². The predicted molar refractivity (Wildman–Crippen MR) is 141 cm³/mol. The van der Waals surface area contributed by atoms with Crippen LogP contribution in [0.15, 0.2) is 66.0 Å². The molecule has 0 fully saturated rings. The van der Waals surface area contributed by atoms with Crippen molar-refractivity contribution in [1.82, 2.24) is 4.98 Å². The van der Waals surface area contributed by atoms with Crippen LogP contribution in [0.4, 0.5) is 0 Å². The SMILES string of the molecule is CC(C)(C)c1ccc(COC(=O)c2c3c(nc4ccccc24)C(=Cc2cccs2)CCC3)cc1. The number of pyridine rings is 1. The highest BCUT2D eigenvalue weighted by atomic mass is 32.1. The molecule has 34 heavy (non-hydrogen) atoms. The summed E-state index contributed by atoms with van der Waals surface area (Å²) in [4.78, 5) is 19.7. The number of allylic oxidation sites excluding steroid dienone is 1. The van der Waals surface area contributed by atoms with Gasteiger partial charge >= 0.3 is 5.97 Å². The molecule has 0 amide bonds. The van der Waals surface area contributed by atoms with Crippen molar-refractivity contribution in [2.75, 3.05) is 0 Å². The van der Waals surface area contributed by atoms with E-state index < -0.39 is 0 Å². The van der Waals surface area contributed by atoms with Crippen LogP contribution >= 0.6 is 11.3 Å². The molecule has 4 aromatic rings. The van der Waals surface area contributed by atoms with E-state index in [0.29, 0.717) is 5.56 Å². The standard InChI is InChI=1S/C30H29NO2S/c1-30(2,3)22-15-13-20(14-16-22)19-33-29(32)27-24-10-4-5-12-26(24)31-28-21(8-6-11-25(27)28)18-23-9-7-17-34-23/h4-5,7,9-10,12-18H,6,8,11,19H2,1-3H3. The molecule has 0 N–H and O–H groups in total. The quantitative estimate of drug-likeness (QED) is 0.287. The maximum Gasteiger partial charge on any atom is 0.339 e.